The normalized spacial score (nSPS) is 18.1. The van der Waals surface area contributed by atoms with Gasteiger partial charge in [0.15, 0.2) is 5.78 Å². The number of rotatable bonds is 2. The first kappa shape index (κ1) is 11.0. The summed E-state index contributed by atoms with van der Waals surface area (Å²) in [5.74, 6) is -1.23. The van der Waals surface area contributed by atoms with E-state index in [9.17, 15) is 9.59 Å². The van der Waals surface area contributed by atoms with Crippen LogP contribution in [0.15, 0.2) is 30.3 Å². The molecule has 18 heavy (non-hydrogen) atoms. The summed E-state index contributed by atoms with van der Waals surface area (Å²) in [6, 6.07) is 9.63. The number of ketones is 1. The van der Waals surface area contributed by atoms with Gasteiger partial charge in [-0.05, 0) is 19.1 Å². The Balaban J connectivity index is 2.02. The van der Waals surface area contributed by atoms with Crippen molar-refractivity contribution < 1.29 is 14.3 Å². The first-order valence-corrected chi connectivity index (χ1v) is 6.01. The third kappa shape index (κ3) is 1.45. The van der Waals surface area contributed by atoms with Crippen LogP contribution in [0.25, 0.3) is 10.9 Å². The Hall–Kier alpha value is -2.10. The van der Waals surface area contributed by atoms with Crippen LogP contribution in [0.1, 0.15) is 17.4 Å². The van der Waals surface area contributed by atoms with Crippen LogP contribution < -0.4 is 0 Å². The Bertz CT molecular complexity index is 642. The lowest BCUT2D eigenvalue weighted by Crippen LogP contribution is -2.23. The predicted octanol–water partition coefficient (Wildman–Crippen LogP) is 2.02. The SMILES string of the molecule is CCOC(=O)[C@@H]1Cn2c(cc3ccccc32)C1=O. The highest BCUT2D eigenvalue weighted by atomic mass is 16.5. The number of hydrogen-bond donors (Lipinski definition) is 0. The van der Waals surface area contributed by atoms with Crippen LogP contribution in [0.3, 0.4) is 0 Å². The van der Waals surface area contributed by atoms with Crippen LogP contribution in [-0.2, 0) is 16.1 Å². The molecule has 92 valence electrons. The summed E-state index contributed by atoms with van der Waals surface area (Å²) in [5, 5.41) is 1.03. The van der Waals surface area contributed by atoms with E-state index in [1.54, 1.807) is 6.92 Å². The molecule has 4 nitrogen and oxygen atoms in total. The van der Waals surface area contributed by atoms with Crippen molar-refractivity contribution in [1.82, 2.24) is 4.57 Å². The molecule has 0 spiro atoms. The number of benzene rings is 1. The Kier molecular flexibility index (Phi) is 2.44. The highest BCUT2D eigenvalue weighted by Gasteiger charge is 2.37. The van der Waals surface area contributed by atoms with E-state index < -0.39 is 11.9 Å². The second-order valence-corrected chi connectivity index (χ2v) is 4.37. The molecule has 2 aromatic rings. The van der Waals surface area contributed by atoms with Crippen molar-refractivity contribution in [3.8, 4) is 0 Å². The van der Waals surface area contributed by atoms with Gasteiger partial charge in [0, 0.05) is 17.4 Å². The highest BCUT2D eigenvalue weighted by molar-refractivity contribution is 6.12. The maximum absolute atomic E-state index is 12.2. The van der Waals surface area contributed by atoms with Crippen molar-refractivity contribution in [3.63, 3.8) is 0 Å². The van der Waals surface area contributed by atoms with Gasteiger partial charge in [-0.25, -0.2) is 0 Å². The highest BCUT2D eigenvalue weighted by Crippen LogP contribution is 2.29. The molecule has 1 aliphatic rings. The maximum Gasteiger partial charge on any atom is 0.318 e. The van der Waals surface area contributed by atoms with E-state index in [2.05, 4.69) is 0 Å². The molecule has 0 radical (unpaired) electrons. The van der Waals surface area contributed by atoms with E-state index in [1.165, 1.54) is 0 Å². The monoisotopic (exact) mass is 243 g/mol. The van der Waals surface area contributed by atoms with Crippen LogP contribution in [0, 0.1) is 5.92 Å². The van der Waals surface area contributed by atoms with E-state index >= 15 is 0 Å². The third-order valence-electron chi connectivity index (χ3n) is 3.32. The smallest absolute Gasteiger partial charge is 0.318 e. The molecule has 0 aliphatic carbocycles. The molecule has 1 aromatic carbocycles. The van der Waals surface area contributed by atoms with Crippen molar-refractivity contribution in [2.75, 3.05) is 6.61 Å². The van der Waals surface area contributed by atoms with E-state index in [4.69, 9.17) is 4.74 Å². The molecule has 4 heteroatoms. The Labute approximate surface area is 104 Å². The van der Waals surface area contributed by atoms with Gasteiger partial charge in [0.25, 0.3) is 0 Å². The quantitative estimate of drug-likeness (QED) is 0.599. The summed E-state index contributed by atoms with van der Waals surface area (Å²) < 4.78 is 6.84. The minimum atomic E-state index is -0.676. The average molecular weight is 243 g/mol. The van der Waals surface area contributed by atoms with Crippen molar-refractivity contribution >= 4 is 22.7 Å². The first-order chi connectivity index (χ1) is 8.72. The Morgan fingerprint density at radius 3 is 3.00 bits per heavy atom. The molecule has 1 aliphatic heterocycles. The molecule has 3 rings (SSSR count). The van der Waals surface area contributed by atoms with Crippen LogP contribution in [0.5, 0.6) is 0 Å². The Morgan fingerprint density at radius 1 is 1.44 bits per heavy atom. The molecule has 0 unspecified atom stereocenters. The van der Waals surface area contributed by atoms with Crippen LogP contribution in [0.4, 0.5) is 0 Å². The number of carbonyl (C=O) groups excluding carboxylic acids is 2. The largest absolute Gasteiger partial charge is 0.465 e. The molecule has 0 amide bonds. The minimum absolute atomic E-state index is 0.135. The van der Waals surface area contributed by atoms with E-state index in [0.717, 1.165) is 10.9 Å². The van der Waals surface area contributed by atoms with Crippen molar-refractivity contribution in [1.29, 1.82) is 0 Å². The average Bonchev–Trinajstić information content (AvgIpc) is 2.88. The van der Waals surface area contributed by atoms with Crippen molar-refractivity contribution in [3.05, 3.63) is 36.0 Å². The fraction of sp³-hybridized carbons (Fsp3) is 0.286. The van der Waals surface area contributed by atoms with E-state index in [-0.39, 0.29) is 5.78 Å². The summed E-state index contributed by atoms with van der Waals surface area (Å²) in [6.45, 7) is 2.44. The minimum Gasteiger partial charge on any atom is -0.465 e. The molecule has 1 aromatic heterocycles. The van der Waals surface area contributed by atoms with Gasteiger partial charge < -0.3 is 9.30 Å². The number of ether oxygens (including phenoxy) is 1. The number of para-hydroxylation sites is 1. The molecule has 1 atom stereocenters. The maximum atomic E-state index is 12.2. The number of fused-ring (bicyclic) bond motifs is 3. The van der Waals surface area contributed by atoms with Crippen molar-refractivity contribution in [2.24, 2.45) is 5.92 Å². The molecule has 0 saturated carbocycles. The number of Topliss-reactive ketones (excluding diaryl/α,β-unsaturated/α-hetero) is 1. The Morgan fingerprint density at radius 2 is 2.22 bits per heavy atom. The lowest BCUT2D eigenvalue weighted by molar-refractivity contribution is -0.146. The zero-order valence-corrected chi connectivity index (χ0v) is 10.1. The molecule has 0 fully saturated rings. The number of carbonyl (C=O) groups is 2. The van der Waals surface area contributed by atoms with Crippen LogP contribution in [0.2, 0.25) is 0 Å². The summed E-state index contributed by atoms with van der Waals surface area (Å²) >= 11 is 0. The second kappa shape index (κ2) is 3.98. The first-order valence-electron chi connectivity index (χ1n) is 6.01. The van der Waals surface area contributed by atoms with Crippen molar-refractivity contribution in [2.45, 2.75) is 13.5 Å². The van der Waals surface area contributed by atoms with Gasteiger partial charge in [-0.1, -0.05) is 18.2 Å². The van der Waals surface area contributed by atoms with Gasteiger partial charge >= 0.3 is 5.97 Å². The summed E-state index contributed by atoms with van der Waals surface area (Å²) in [6.07, 6.45) is 0. The lowest BCUT2D eigenvalue weighted by atomic mass is 10.1. The molecule has 0 saturated heterocycles. The van der Waals surface area contributed by atoms with Gasteiger partial charge in [-0.3, -0.25) is 9.59 Å². The zero-order valence-electron chi connectivity index (χ0n) is 10.1. The standard InChI is InChI=1S/C14H13NO3/c1-2-18-14(17)10-8-15-11-6-4-3-5-9(11)7-12(15)13(10)16/h3-7,10H,2,8H2,1H3/t10-/m1/s1. The van der Waals surface area contributed by atoms with Gasteiger partial charge in [-0.2, -0.15) is 0 Å². The number of hydrogen-bond acceptors (Lipinski definition) is 3. The van der Waals surface area contributed by atoms with Crippen LogP contribution >= 0.6 is 0 Å². The second-order valence-electron chi connectivity index (χ2n) is 4.37. The molecule has 2 heterocycles. The van der Waals surface area contributed by atoms with Crippen LogP contribution in [-0.4, -0.2) is 22.9 Å². The zero-order chi connectivity index (χ0) is 12.7. The van der Waals surface area contributed by atoms with Gasteiger partial charge in [0.2, 0.25) is 0 Å². The van der Waals surface area contributed by atoms with E-state index in [1.807, 2.05) is 34.9 Å². The summed E-state index contributed by atoms with van der Waals surface area (Å²) in [5.41, 5.74) is 1.60. The summed E-state index contributed by atoms with van der Waals surface area (Å²) in [4.78, 5) is 23.9. The van der Waals surface area contributed by atoms with Gasteiger partial charge in [0.1, 0.15) is 5.92 Å². The lowest BCUT2D eigenvalue weighted by Gasteiger charge is -2.07. The number of esters is 1. The van der Waals surface area contributed by atoms with E-state index in [0.29, 0.717) is 18.8 Å². The predicted molar refractivity (Wildman–Crippen MR) is 66.4 cm³/mol. The third-order valence-corrected chi connectivity index (χ3v) is 3.32. The number of nitrogens with zero attached hydrogens (tertiary/aromatic N) is 1. The van der Waals surface area contributed by atoms with Gasteiger partial charge in [0.05, 0.1) is 12.3 Å². The topological polar surface area (TPSA) is 48.3 Å². The molecular formula is C14H13NO3. The summed E-state index contributed by atoms with van der Waals surface area (Å²) in [7, 11) is 0. The fourth-order valence-corrected chi connectivity index (χ4v) is 2.48. The molecule has 0 bridgehead atoms. The fourth-order valence-electron chi connectivity index (χ4n) is 2.48. The number of aromatic nitrogens is 1. The molecular weight excluding hydrogens is 230 g/mol. The molecule has 0 N–H and O–H groups in total. The van der Waals surface area contributed by atoms with Gasteiger partial charge in [-0.15, -0.1) is 0 Å².